The zero-order valence-corrected chi connectivity index (χ0v) is 16.1. The summed E-state index contributed by atoms with van der Waals surface area (Å²) in [4.78, 5) is 21.4. The maximum atomic E-state index is 13.0. The topological polar surface area (TPSA) is 59.2 Å². The summed E-state index contributed by atoms with van der Waals surface area (Å²) < 4.78 is 5.40. The van der Waals surface area contributed by atoms with E-state index >= 15 is 0 Å². The monoisotopic (exact) mass is 385 g/mol. The molecule has 1 aliphatic heterocycles. The van der Waals surface area contributed by atoms with E-state index in [1.165, 1.54) is 0 Å². The highest BCUT2D eigenvalue weighted by Crippen LogP contribution is 2.31. The van der Waals surface area contributed by atoms with E-state index in [4.69, 9.17) is 4.52 Å². The molecule has 0 aliphatic carbocycles. The standard InChI is InChI=1S/C19H19N3O2S2/c1-2-25-15-7-4-3-6-14(15)19(23)22-10-9-13(12-22)17-20-18(24-21-17)16-8-5-11-26-16/h3-8,11,13H,2,9-10,12H2,1H3. The van der Waals surface area contributed by atoms with Crippen LogP contribution in [-0.2, 0) is 0 Å². The summed E-state index contributed by atoms with van der Waals surface area (Å²) in [5.41, 5.74) is 0.785. The van der Waals surface area contributed by atoms with E-state index in [9.17, 15) is 4.79 Å². The molecule has 1 amide bonds. The first kappa shape index (κ1) is 17.3. The number of carbonyl (C=O) groups is 1. The lowest BCUT2D eigenvalue weighted by Gasteiger charge is -2.17. The largest absolute Gasteiger partial charge is 0.338 e. The van der Waals surface area contributed by atoms with Crippen molar-refractivity contribution in [1.82, 2.24) is 15.0 Å². The van der Waals surface area contributed by atoms with E-state index in [2.05, 4.69) is 17.1 Å². The SMILES string of the molecule is CCSc1ccccc1C(=O)N1CCC(c2noc(-c3cccs3)n2)C1. The molecule has 0 N–H and O–H groups in total. The Hall–Kier alpha value is -2.12. The van der Waals surface area contributed by atoms with Crippen LogP contribution in [0.25, 0.3) is 10.8 Å². The predicted octanol–water partition coefficient (Wildman–Crippen LogP) is 4.54. The van der Waals surface area contributed by atoms with Crippen molar-refractivity contribution in [1.29, 1.82) is 0 Å². The first-order chi connectivity index (χ1) is 12.8. The number of carbonyl (C=O) groups excluding carboxylic acids is 1. The van der Waals surface area contributed by atoms with Gasteiger partial charge in [0.2, 0.25) is 0 Å². The predicted molar refractivity (Wildman–Crippen MR) is 104 cm³/mol. The Balaban J connectivity index is 1.48. The fourth-order valence-corrected chi connectivity index (χ4v) is 4.59. The Bertz CT molecular complexity index is 892. The van der Waals surface area contributed by atoms with Gasteiger partial charge >= 0.3 is 0 Å². The zero-order valence-electron chi connectivity index (χ0n) is 14.4. The van der Waals surface area contributed by atoms with Crippen molar-refractivity contribution in [2.45, 2.75) is 24.2 Å². The fourth-order valence-electron chi connectivity index (χ4n) is 3.15. The number of rotatable bonds is 5. The van der Waals surface area contributed by atoms with Gasteiger partial charge in [-0.05, 0) is 35.8 Å². The summed E-state index contributed by atoms with van der Waals surface area (Å²) >= 11 is 3.28. The number of amides is 1. The van der Waals surface area contributed by atoms with E-state index < -0.39 is 0 Å². The molecule has 26 heavy (non-hydrogen) atoms. The van der Waals surface area contributed by atoms with Crippen LogP contribution in [0.4, 0.5) is 0 Å². The average Bonchev–Trinajstić information content (AvgIpc) is 3.42. The second-order valence-corrected chi connectivity index (χ2v) is 8.35. The van der Waals surface area contributed by atoms with Crippen LogP contribution in [0.15, 0.2) is 51.2 Å². The van der Waals surface area contributed by atoms with Crippen molar-refractivity contribution in [2.24, 2.45) is 0 Å². The van der Waals surface area contributed by atoms with Crippen LogP contribution in [0.2, 0.25) is 0 Å². The average molecular weight is 386 g/mol. The molecule has 134 valence electrons. The molecule has 5 nitrogen and oxygen atoms in total. The molecular formula is C19H19N3O2S2. The lowest BCUT2D eigenvalue weighted by Crippen LogP contribution is -2.29. The third-order valence-electron chi connectivity index (χ3n) is 4.43. The van der Waals surface area contributed by atoms with Gasteiger partial charge in [-0.25, -0.2) is 0 Å². The highest BCUT2D eigenvalue weighted by Gasteiger charge is 2.31. The number of benzene rings is 1. The minimum Gasteiger partial charge on any atom is -0.338 e. The van der Waals surface area contributed by atoms with E-state index in [1.807, 2.05) is 46.7 Å². The highest BCUT2D eigenvalue weighted by molar-refractivity contribution is 7.99. The Morgan fingerprint density at radius 3 is 3.04 bits per heavy atom. The zero-order chi connectivity index (χ0) is 17.9. The van der Waals surface area contributed by atoms with Gasteiger partial charge in [0.25, 0.3) is 11.8 Å². The van der Waals surface area contributed by atoms with Crippen LogP contribution in [-0.4, -0.2) is 39.8 Å². The molecule has 1 fully saturated rings. The van der Waals surface area contributed by atoms with Gasteiger partial charge in [0.05, 0.1) is 10.4 Å². The molecule has 2 aromatic heterocycles. The normalized spacial score (nSPS) is 17.0. The Morgan fingerprint density at radius 1 is 1.35 bits per heavy atom. The molecule has 1 saturated heterocycles. The Kier molecular flexibility index (Phi) is 5.08. The molecule has 0 spiro atoms. The molecule has 0 saturated carbocycles. The molecule has 0 bridgehead atoms. The molecule has 3 heterocycles. The van der Waals surface area contributed by atoms with Gasteiger partial charge in [0.1, 0.15) is 0 Å². The minimum atomic E-state index is 0.0889. The Morgan fingerprint density at radius 2 is 2.23 bits per heavy atom. The number of nitrogens with zero attached hydrogens (tertiary/aromatic N) is 3. The number of hydrogen-bond donors (Lipinski definition) is 0. The van der Waals surface area contributed by atoms with Gasteiger partial charge in [-0.2, -0.15) is 4.98 Å². The van der Waals surface area contributed by atoms with E-state index in [0.29, 0.717) is 18.3 Å². The summed E-state index contributed by atoms with van der Waals surface area (Å²) in [6.07, 6.45) is 0.859. The third kappa shape index (κ3) is 3.41. The summed E-state index contributed by atoms with van der Waals surface area (Å²) in [5, 5.41) is 6.13. The molecular weight excluding hydrogens is 366 g/mol. The van der Waals surface area contributed by atoms with Gasteiger partial charge in [-0.3, -0.25) is 4.79 Å². The minimum absolute atomic E-state index is 0.0889. The summed E-state index contributed by atoms with van der Waals surface area (Å²) in [6.45, 7) is 3.45. The van der Waals surface area contributed by atoms with Gasteiger partial charge in [-0.1, -0.05) is 30.3 Å². The van der Waals surface area contributed by atoms with Crippen LogP contribution in [0.5, 0.6) is 0 Å². The van der Waals surface area contributed by atoms with Crippen LogP contribution in [0.1, 0.15) is 35.4 Å². The lowest BCUT2D eigenvalue weighted by atomic mass is 10.1. The third-order valence-corrected chi connectivity index (χ3v) is 6.25. The highest BCUT2D eigenvalue weighted by atomic mass is 32.2. The maximum Gasteiger partial charge on any atom is 0.267 e. The van der Waals surface area contributed by atoms with Crippen LogP contribution >= 0.6 is 23.1 Å². The molecule has 1 aromatic carbocycles. The van der Waals surface area contributed by atoms with Gasteiger partial charge < -0.3 is 9.42 Å². The number of hydrogen-bond acceptors (Lipinski definition) is 6. The van der Waals surface area contributed by atoms with Crippen molar-refractivity contribution >= 4 is 29.0 Å². The molecule has 0 radical (unpaired) electrons. The van der Waals surface area contributed by atoms with Crippen molar-refractivity contribution in [3.63, 3.8) is 0 Å². The summed E-state index contributed by atoms with van der Waals surface area (Å²) in [7, 11) is 0. The number of thiophene rings is 1. The van der Waals surface area contributed by atoms with E-state index in [1.54, 1.807) is 23.1 Å². The van der Waals surface area contributed by atoms with E-state index in [0.717, 1.165) is 34.1 Å². The second kappa shape index (κ2) is 7.63. The number of aromatic nitrogens is 2. The van der Waals surface area contributed by atoms with Crippen LogP contribution < -0.4 is 0 Å². The lowest BCUT2D eigenvalue weighted by molar-refractivity contribution is 0.0787. The fraction of sp³-hybridized carbons (Fsp3) is 0.316. The maximum absolute atomic E-state index is 13.0. The van der Waals surface area contributed by atoms with Crippen molar-refractivity contribution in [3.05, 3.63) is 53.2 Å². The van der Waals surface area contributed by atoms with Crippen LogP contribution in [0, 0.1) is 0 Å². The molecule has 1 atom stereocenters. The number of likely N-dealkylation sites (tertiary alicyclic amines) is 1. The first-order valence-corrected chi connectivity index (χ1v) is 10.5. The van der Waals surface area contributed by atoms with Gasteiger partial charge in [-0.15, -0.1) is 23.1 Å². The molecule has 1 unspecified atom stereocenters. The molecule has 7 heteroatoms. The summed E-state index contributed by atoms with van der Waals surface area (Å²) in [6, 6.07) is 11.8. The number of thioether (sulfide) groups is 1. The van der Waals surface area contributed by atoms with Gasteiger partial charge in [0.15, 0.2) is 5.82 Å². The van der Waals surface area contributed by atoms with Crippen molar-refractivity contribution in [3.8, 4) is 10.8 Å². The second-order valence-electron chi connectivity index (χ2n) is 6.10. The Labute approximate surface area is 160 Å². The van der Waals surface area contributed by atoms with Crippen molar-refractivity contribution in [2.75, 3.05) is 18.8 Å². The van der Waals surface area contributed by atoms with Gasteiger partial charge in [0, 0.05) is 23.9 Å². The smallest absolute Gasteiger partial charge is 0.267 e. The quantitative estimate of drug-likeness (QED) is 0.604. The van der Waals surface area contributed by atoms with E-state index in [-0.39, 0.29) is 11.8 Å². The molecule has 1 aliphatic rings. The summed E-state index contributed by atoms with van der Waals surface area (Å²) in [5.74, 6) is 2.42. The molecule has 4 rings (SSSR count). The molecule has 3 aromatic rings. The first-order valence-electron chi connectivity index (χ1n) is 8.65. The van der Waals surface area contributed by atoms with Crippen LogP contribution in [0.3, 0.4) is 0 Å². The van der Waals surface area contributed by atoms with Crippen molar-refractivity contribution < 1.29 is 9.32 Å².